The number of benzene rings is 1. The van der Waals surface area contributed by atoms with Crippen LogP contribution in [0.4, 0.5) is 0 Å². The number of rotatable bonds is 7. The molecule has 0 radical (unpaired) electrons. The Morgan fingerprint density at radius 1 is 1.13 bits per heavy atom. The molecule has 3 heterocycles. The normalized spacial score (nSPS) is 19.6. The van der Waals surface area contributed by atoms with Gasteiger partial charge in [0.1, 0.15) is 23.3 Å². The molecule has 2 aliphatic rings. The van der Waals surface area contributed by atoms with Crippen molar-refractivity contribution in [2.75, 3.05) is 33.0 Å². The quantitative estimate of drug-likeness (QED) is 0.413. The van der Waals surface area contributed by atoms with Gasteiger partial charge in [-0.15, -0.1) is 0 Å². The smallest absolute Gasteiger partial charge is 0.295 e. The van der Waals surface area contributed by atoms with Crippen molar-refractivity contribution in [3.8, 4) is 11.5 Å². The summed E-state index contributed by atoms with van der Waals surface area (Å²) >= 11 is 0. The third kappa shape index (κ3) is 3.79. The highest BCUT2D eigenvalue weighted by Crippen LogP contribution is 2.41. The average molecular weight is 426 g/mol. The molecular formula is C23H26N2O6. The van der Waals surface area contributed by atoms with Gasteiger partial charge in [0.25, 0.3) is 11.7 Å². The van der Waals surface area contributed by atoms with Gasteiger partial charge in [-0.25, -0.2) is 0 Å². The van der Waals surface area contributed by atoms with Gasteiger partial charge in [-0.05, 0) is 50.3 Å². The summed E-state index contributed by atoms with van der Waals surface area (Å²) in [4.78, 5) is 29.6. The molecular weight excluding hydrogens is 400 g/mol. The SMILES string of the molecule is CCN(CC)CCN1C(=O)C(=O)/C(=C(/O)c2ccc3c(c2)OCO3)C1c1ccc(C)o1. The number of likely N-dealkylation sites (N-methyl/N-ethyl adjacent to an activating group) is 1. The summed E-state index contributed by atoms with van der Waals surface area (Å²) < 4.78 is 16.5. The standard InChI is InChI=1S/C23H26N2O6/c1-4-24(5-2)10-11-25-20(17-8-6-14(3)31-17)19(22(27)23(25)28)21(26)15-7-9-16-18(12-15)30-13-29-16/h6-9,12,20,26H,4-5,10-11,13H2,1-3H3/b21-19+. The Morgan fingerprint density at radius 3 is 2.55 bits per heavy atom. The van der Waals surface area contributed by atoms with Crippen LogP contribution < -0.4 is 9.47 Å². The second-order valence-electron chi connectivity index (χ2n) is 7.54. The number of likely N-dealkylation sites (tertiary alicyclic amines) is 1. The van der Waals surface area contributed by atoms with Crippen LogP contribution >= 0.6 is 0 Å². The van der Waals surface area contributed by atoms with E-state index in [1.165, 1.54) is 4.90 Å². The summed E-state index contributed by atoms with van der Waals surface area (Å²) in [5.74, 6) is 0.508. The lowest BCUT2D eigenvalue weighted by atomic mass is 9.99. The van der Waals surface area contributed by atoms with Gasteiger partial charge in [0.2, 0.25) is 6.79 Å². The number of ketones is 1. The van der Waals surface area contributed by atoms with Crippen molar-refractivity contribution in [3.05, 3.63) is 53.0 Å². The van der Waals surface area contributed by atoms with Crippen molar-refractivity contribution in [2.45, 2.75) is 26.8 Å². The van der Waals surface area contributed by atoms with Crippen molar-refractivity contribution < 1.29 is 28.6 Å². The van der Waals surface area contributed by atoms with Crippen LogP contribution in [0.15, 0.2) is 40.3 Å². The zero-order valence-electron chi connectivity index (χ0n) is 17.9. The number of fused-ring (bicyclic) bond motifs is 1. The number of aliphatic hydroxyl groups excluding tert-OH is 1. The van der Waals surface area contributed by atoms with Gasteiger partial charge in [-0.2, -0.15) is 0 Å². The largest absolute Gasteiger partial charge is 0.507 e. The van der Waals surface area contributed by atoms with Crippen LogP contribution in [0.5, 0.6) is 11.5 Å². The Hall–Kier alpha value is -3.26. The number of hydrogen-bond acceptors (Lipinski definition) is 7. The van der Waals surface area contributed by atoms with Gasteiger partial charge in [0.05, 0.1) is 5.57 Å². The van der Waals surface area contributed by atoms with Gasteiger partial charge in [0, 0.05) is 18.7 Å². The molecule has 0 aliphatic carbocycles. The number of amides is 1. The lowest BCUT2D eigenvalue weighted by molar-refractivity contribution is -0.140. The van der Waals surface area contributed by atoms with Crippen LogP contribution in [0.3, 0.4) is 0 Å². The Balaban J connectivity index is 1.76. The number of aryl methyl sites for hydroxylation is 1. The molecule has 1 unspecified atom stereocenters. The minimum Gasteiger partial charge on any atom is -0.507 e. The highest BCUT2D eigenvalue weighted by atomic mass is 16.7. The molecule has 31 heavy (non-hydrogen) atoms. The minimum atomic E-state index is -0.797. The van der Waals surface area contributed by atoms with Crippen molar-refractivity contribution in [1.82, 2.24) is 9.80 Å². The van der Waals surface area contributed by atoms with Crippen molar-refractivity contribution in [2.24, 2.45) is 0 Å². The Bertz CT molecular complexity index is 1040. The molecule has 1 fully saturated rings. The lowest BCUT2D eigenvalue weighted by Crippen LogP contribution is -2.37. The fourth-order valence-corrected chi connectivity index (χ4v) is 4.00. The molecule has 1 saturated heterocycles. The highest BCUT2D eigenvalue weighted by Gasteiger charge is 2.47. The monoisotopic (exact) mass is 426 g/mol. The first-order valence-corrected chi connectivity index (χ1v) is 10.4. The fourth-order valence-electron chi connectivity index (χ4n) is 4.00. The van der Waals surface area contributed by atoms with Crippen molar-refractivity contribution >= 4 is 17.4 Å². The van der Waals surface area contributed by atoms with E-state index in [4.69, 9.17) is 13.9 Å². The maximum absolute atomic E-state index is 13.0. The highest BCUT2D eigenvalue weighted by molar-refractivity contribution is 6.46. The molecule has 8 heteroatoms. The van der Waals surface area contributed by atoms with Gasteiger partial charge < -0.3 is 28.8 Å². The van der Waals surface area contributed by atoms with Crippen molar-refractivity contribution in [1.29, 1.82) is 0 Å². The summed E-state index contributed by atoms with van der Waals surface area (Å²) in [5, 5.41) is 11.1. The second-order valence-corrected chi connectivity index (χ2v) is 7.54. The molecule has 0 saturated carbocycles. The third-order valence-corrected chi connectivity index (χ3v) is 5.77. The molecule has 4 rings (SSSR count). The lowest BCUT2D eigenvalue weighted by Gasteiger charge is -2.26. The van der Waals surface area contributed by atoms with Crippen LogP contribution in [0, 0.1) is 6.92 Å². The molecule has 2 aromatic rings. The number of Topliss-reactive ketones (excluding diaryl/α,β-unsaturated/α-hetero) is 1. The van der Waals surface area contributed by atoms with E-state index in [1.54, 1.807) is 37.3 Å². The molecule has 2 aliphatic heterocycles. The maximum atomic E-state index is 13.0. The summed E-state index contributed by atoms with van der Waals surface area (Å²) in [6.07, 6.45) is 0. The van der Waals surface area contributed by atoms with E-state index >= 15 is 0 Å². The molecule has 164 valence electrons. The molecule has 8 nitrogen and oxygen atoms in total. The summed E-state index contributed by atoms with van der Waals surface area (Å²) in [7, 11) is 0. The van der Waals surface area contributed by atoms with E-state index < -0.39 is 17.7 Å². The summed E-state index contributed by atoms with van der Waals surface area (Å²) in [6.45, 7) is 8.61. The second kappa shape index (κ2) is 8.47. The van der Waals surface area contributed by atoms with E-state index in [0.717, 1.165) is 13.1 Å². The average Bonchev–Trinajstić information content (AvgIpc) is 3.47. The van der Waals surface area contributed by atoms with Crippen LogP contribution in [-0.4, -0.2) is 59.6 Å². The number of furan rings is 1. The van der Waals surface area contributed by atoms with E-state index in [1.807, 2.05) is 13.8 Å². The van der Waals surface area contributed by atoms with Crippen LogP contribution in [0.25, 0.3) is 5.76 Å². The predicted octanol–water partition coefficient (Wildman–Crippen LogP) is 3.08. The zero-order chi connectivity index (χ0) is 22.1. The number of nitrogens with zero attached hydrogens (tertiary/aromatic N) is 2. The van der Waals surface area contributed by atoms with Crippen LogP contribution in [-0.2, 0) is 9.59 Å². The summed E-state index contributed by atoms with van der Waals surface area (Å²) in [6, 6.07) is 7.63. The first-order chi connectivity index (χ1) is 14.9. The van der Waals surface area contributed by atoms with Crippen molar-refractivity contribution in [3.63, 3.8) is 0 Å². The molecule has 0 bridgehead atoms. The Kier molecular flexibility index (Phi) is 5.73. The minimum absolute atomic E-state index is 0.0118. The van der Waals surface area contributed by atoms with Crippen LogP contribution in [0.1, 0.15) is 37.0 Å². The zero-order valence-corrected chi connectivity index (χ0v) is 17.9. The first-order valence-electron chi connectivity index (χ1n) is 10.4. The van der Waals surface area contributed by atoms with E-state index in [0.29, 0.717) is 41.7 Å². The molecule has 1 aromatic heterocycles. The van der Waals surface area contributed by atoms with Gasteiger partial charge >= 0.3 is 0 Å². The maximum Gasteiger partial charge on any atom is 0.295 e. The van der Waals surface area contributed by atoms with E-state index in [2.05, 4.69) is 4.90 Å². The predicted molar refractivity (Wildman–Crippen MR) is 113 cm³/mol. The first kappa shape index (κ1) is 21.0. The Labute approximate surface area is 180 Å². The van der Waals surface area contributed by atoms with Crippen LogP contribution in [0.2, 0.25) is 0 Å². The Morgan fingerprint density at radius 2 is 1.87 bits per heavy atom. The number of carbonyl (C=O) groups excluding carboxylic acids is 2. The molecule has 1 atom stereocenters. The topological polar surface area (TPSA) is 92.5 Å². The number of ether oxygens (including phenoxy) is 2. The van der Waals surface area contributed by atoms with Gasteiger partial charge in [-0.3, -0.25) is 9.59 Å². The van der Waals surface area contributed by atoms with Gasteiger partial charge in [0.15, 0.2) is 11.5 Å². The third-order valence-electron chi connectivity index (χ3n) is 5.77. The summed E-state index contributed by atoms with van der Waals surface area (Å²) in [5.41, 5.74) is 0.386. The number of aliphatic hydroxyl groups is 1. The molecule has 1 N–H and O–H groups in total. The van der Waals surface area contributed by atoms with E-state index in [-0.39, 0.29) is 18.1 Å². The molecule has 1 aromatic carbocycles. The van der Waals surface area contributed by atoms with E-state index in [9.17, 15) is 14.7 Å². The fraction of sp³-hybridized carbons (Fsp3) is 0.391. The van der Waals surface area contributed by atoms with Gasteiger partial charge in [-0.1, -0.05) is 13.8 Å². The number of carbonyl (C=O) groups is 2. The molecule has 1 amide bonds. The number of hydrogen-bond donors (Lipinski definition) is 1. The molecule has 0 spiro atoms.